The summed E-state index contributed by atoms with van der Waals surface area (Å²) in [5.41, 5.74) is 0. The van der Waals surface area contributed by atoms with Gasteiger partial charge in [-0.3, -0.25) is 4.79 Å². The molecule has 0 saturated carbocycles. The van der Waals surface area contributed by atoms with E-state index in [1.165, 1.54) is 7.11 Å². The smallest absolute Gasteiger partial charge is 0.407 e. The van der Waals surface area contributed by atoms with Gasteiger partial charge in [-0.2, -0.15) is 0 Å². The van der Waals surface area contributed by atoms with E-state index >= 15 is 0 Å². The fourth-order valence-electron chi connectivity index (χ4n) is 1.28. The summed E-state index contributed by atoms with van der Waals surface area (Å²) in [4.78, 5) is 21.5. The third-order valence-electron chi connectivity index (χ3n) is 2.37. The monoisotopic (exact) mass is 293 g/mol. The van der Waals surface area contributed by atoms with Crippen LogP contribution in [0.15, 0.2) is 0 Å². The van der Waals surface area contributed by atoms with Crippen molar-refractivity contribution in [2.45, 2.75) is 32.2 Å². The first kappa shape index (κ1) is 18.6. The van der Waals surface area contributed by atoms with Crippen LogP contribution in [0.2, 0.25) is 0 Å². The molecule has 0 radical (unpaired) electrons. The molecule has 2 atom stereocenters. The number of carbonyl (C=O) groups is 2. The standard InChI is InChI=1S/C12H23NO7/c1-4-9(7-17-2)20-11(18-3)8-19-12(16)13-6-5-10(14)15/h9,11H,4-8H2,1-3H3,(H,13,16)(H,14,15). The summed E-state index contributed by atoms with van der Waals surface area (Å²) in [6.45, 7) is 2.28. The van der Waals surface area contributed by atoms with E-state index in [4.69, 9.17) is 24.1 Å². The summed E-state index contributed by atoms with van der Waals surface area (Å²) in [5.74, 6) is -0.992. The molecule has 20 heavy (non-hydrogen) atoms. The fourth-order valence-corrected chi connectivity index (χ4v) is 1.28. The van der Waals surface area contributed by atoms with E-state index in [2.05, 4.69) is 5.32 Å². The zero-order chi connectivity index (χ0) is 15.4. The Bertz CT molecular complexity index is 285. The molecule has 0 aliphatic heterocycles. The van der Waals surface area contributed by atoms with E-state index in [1.54, 1.807) is 7.11 Å². The van der Waals surface area contributed by atoms with Gasteiger partial charge in [-0.15, -0.1) is 0 Å². The van der Waals surface area contributed by atoms with Crippen LogP contribution in [0.25, 0.3) is 0 Å². The molecule has 8 nitrogen and oxygen atoms in total. The molecule has 0 heterocycles. The van der Waals surface area contributed by atoms with Crippen LogP contribution in [0, 0.1) is 0 Å². The van der Waals surface area contributed by atoms with Crippen molar-refractivity contribution >= 4 is 12.1 Å². The first-order valence-electron chi connectivity index (χ1n) is 6.33. The highest BCUT2D eigenvalue weighted by atomic mass is 16.7. The molecular formula is C12H23NO7. The number of aliphatic carboxylic acids is 1. The first-order valence-corrected chi connectivity index (χ1v) is 6.33. The molecule has 0 bridgehead atoms. The van der Waals surface area contributed by atoms with Crippen molar-refractivity contribution in [2.75, 3.05) is 34.0 Å². The normalized spacial score (nSPS) is 13.6. The summed E-state index contributed by atoms with van der Waals surface area (Å²) >= 11 is 0. The Kier molecular flexibility index (Phi) is 10.7. The van der Waals surface area contributed by atoms with Crippen LogP contribution in [0.3, 0.4) is 0 Å². The van der Waals surface area contributed by atoms with Crippen LogP contribution >= 0.6 is 0 Å². The van der Waals surface area contributed by atoms with Crippen LogP contribution in [0.4, 0.5) is 4.79 Å². The van der Waals surface area contributed by atoms with Crippen LogP contribution in [-0.4, -0.2) is 63.5 Å². The number of carboxylic acids is 1. The van der Waals surface area contributed by atoms with Crippen molar-refractivity contribution in [1.82, 2.24) is 5.32 Å². The van der Waals surface area contributed by atoms with Gasteiger partial charge in [0.05, 0.1) is 19.1 Å². The summed E-state index contributed by atoms with van der Waals surface area (Å²) in [7, 11) is 3.01. The Balaban J connectivity index is 3.92. The summed E-state index contributed by atoms with van der Waals surface area (Å²) in [5, 5.41) is 10.7. The van der Waals surface area contributed by atoms with Crippen molar-refractivity contribution in [3.8, 4) is 0 Å². The number of carbonyl (C=O) groups excluding carboxylic acids is 1. The van der Waals surface area contributed by atoms with Gasteiger partial charge in [-0.1, -0.05) is 6.92 Å². The van der Waals surface area contributed by atoms with Crippen LogP contribution in [0.1, 0.15) is 19.8 Å². The van der Waals surface area contributed by atoms with Gasteiger partial charge in [0.2, 0.25) is 0 Å². The van der Waals surface area contributed by atoms with E-state index in [0.717, 1.165) is 6.42 Å². The molecule has 0 rings (SSSR count). The Morgan fingerprint density at radius 1 is 1.25 bits per heavy atom. The molecule has 0 aliphatic carbocycles. The second kappa shape index (κ2) is 11.4. The van der Waals surface area contributed by atoms with Gasteiger partial charge >= 0.3 is 12.1 Å². The molecule has 8 heteroatoms. The Labute approximate surface area is 118 Å². The van der Waals surface area contributed by atoms with E-state index in [-0.39, 0.29) is 25.7 Å². The topological polar surface area (TPSA) is 103 Å². The summed E-state index contributed by atoms with van der Waals surface area (Å²) in [6.07, 6.45) is -0.982. The highest BCUT2D eigenvalue weighted by Gasteiger charge is 2.17. The van der Waals surface area contributed by atoms with Gasteiger partial charge in [0.15, 0.2) is 6.29 Å². The van der Waals surface area contributed by atoms with Gasteiger partial charge in [0.25, 0.3) is 0 Å². The highest BCUT2D eigenvalue weighted by molar-refractivity contribution is 5.70. The average molecular weight is 293 g/mol. The zero-order valence-corrected chi connectivity index (χ0v) is 12.1. The second-order valence-corrected chi connectivity index (χ2v) is 3.96. The minimum absolute atomic E-state index is 0.00787. The first-order chi connectivity index (χ1) is 9.53. The second-order valence-electron chi connectivity index (χ2n) is 3.96. The lowest BCUT2D eigenvalue weighted by atomic mass is 10.3. The Morgan fingerprint density at radius 2 is 1.95 bits per heavy atom. The number of hydrogen-bond acceptors (Lipinski definition) is 6. The average Bonchev–Trinajstić information content (AvgIpc) is 2.41. The Morgan fingerprint density at radius 3 is 2.45 bits per heavy atom. The summed E-state index contributed by atoms with van der Waals surface area (Å²) in [6, 6.07) is 0. The van der Waals surface area contributed by atoms with Crippen molar-refractivity contribution in [3.63, 3.8) is 0 Å². The quantitative estimate of drug-likeness (QED) is 0.538. The fraction of sp³-hybridized carbons (Fsp3) is 0.833. The van der Waals surface area contributed by atoms with Gasteiger partial charge in [0, 0.05) is 20.8 Å². The van der Waals surface area contributed by atoms with Gasteiger partial charge in [-0.05, 0) is 6.42 Å². The van der Waals surface area contributed by atoms with E-state index < -0.39 is 18.4 Å². The number of carboxylic acid groups (broad SMARTS) is 1. The Hall–Kier alpha value is -1.38. The number of rotatable bonds is 11. The van der Waals surface area contributed by atoms with E-state index in [0.29, 0.717) is 6.61 Å². The maximum atomic E-state index is 11.3. The third-order valence-corrected chi connectivity index (χ3v) is 2.37. The van der Waals surface area contributed by atoms with Crippen molar-refractivity contribution in [2.24, 2.45) is 0 Å². The third kappa shape index (κ3) is 9.54. The molecule has 0 aromatic carbocycles. The molecule has 2 N–H and O–H groups in total. The lowest BCUT2D eigenvalue weighted by Gasteiger charge is -2.22. The molecule has 0 spiro atoms. The maximum absolute atomic E-state index is 11.3. The van der Waals surface area contributed by atoms with E-state index in [1.807, 2.05) is 6.92 Å². The predicted molar refractivity (Wildman–Crippen MR) is 69.4 cm³/mol. The largest absolute Gasteiger partial charge is 0.481 e. The number of ether oxygens (including phenoxy) is 4. The predicted octanol–water partition coefficient (Wildman–Crippen LogP) is 0.601. The number of alkyl carbamates (subject to hydrolysis) is 1. The number of hydrogen-bond donors (Lipinski definition) is 2. The lowest BCUT2D eigenvalue weighted by Crippen LogP contribution is -2.34. The molecule has 0 saturated heterocycles. The highest BCUT2D eigenvalue weighted by Crippen LogP contribution is 2.05. The number of methoxy groups -OCH3 is 2. The van der Waals surface area contributed by atoms with Gasteiger partial charge in [-0.25, -0.2) is 4.79 Å². The maximum Gasteiger partial charge on any atom is 0.407 e. The summed E-state index contributed by atoms with van der Waals surface area (Å²) < 4.78 is 20.4. The zero-order valence-electron chi connectivity index (χ0n) is 12.1. The van der Waals surface area contributed by atoms with Gasteiger partial charge in [0.1, 0.15) is 6.61 Å². The minimum Gasteiger partial charge on any atom is -0.481 e. The molecule has 118 valence electrons. The number of amides is 1. The van der Waals surface area contributed by atoms with Crippen molar-refractivity contribution < 1.29 is 33.6 Å². The number of nitrogens with one attached hydrogen (secondary N) is 1. The SMILES string of the molecule is CCC(COC)OC(COC(=O)NCCC(=O)O)OC. The lowest BCUT2D eigenvalue weighted by molar-refractivity contribution is -0.183. The van der Waals surface area contributed by atoms with Gasteiger partial charge < -0.3 is 29.4 Å². The molecule has 0 fully saturated rings. The molecular weight excluding hydrogens is 270 g/mol. The van der Waals surface area contributed by atoms with Crippen molar-refractivity contribution in [1.29, 1.82) is 0 Å². The minimum atomic E-state index is -0.992. The van der Waals surface area contributed by atoms with Crippen LogP contribution in [0.5, 0.6) is 0 Å². The molecule has 0 aromatic rings. The van der Waals surface area contributed by atoms with E-state index in [9.17, 15) is 9.59 Å². The molecule has 0 aromatic heterocycles. The van der Waals surface area contributed by atoms with Crippen LogP contribution < -0.4 is 5.32 Å². The molecule has 1 amide bonds. The molecule has 2 unspecified atom stereocenters. The van der Waals surface area contributed by atoms with Crippen molar-refractivity contribution in [3.05, 3.63) is 0 Å². The van der Waals surface area contributed by atoms with Crippen LogP contribution in [-0.2, 0) is 23.7 Å². The molecule has 0 aliphatic rings.